The number of hydrogen-bond acceptors (Lipinski definition) is 5. The van der Waals surface area contributed by atoms with E-state index in [9.17, 15) is 0 Å². The standard InChI is InChI=1S/C11H18BrN5/c1-16-5-3-4-8(7-16)17(2)11-14-9(12)6-10(13)15-11/h6,8H,3-5,7H2,1-2H3,(H2,13,14,15). The van der Waals surface area contributed by atoms with E-state index in [1.165, 1.54) is 19.4 Å². The first-order valence-electron chi connectivity index (χ1n) is 5.77. The summed E-state index contributed by atoms with van der Waals surface area (Å²) in [6.45, 7) is 2.22. The van der Waals surface area contributed by atoms with Crippen molar-refractivity contribution >= 4 is 27.7 Å². The molecule has 0 spiro atoms. The molecule has 1 aromatic heterocycles. The molecule has 1 aliphatic heterocycles. The van der Waals surface area contributed by atoms with E-state index in [-0.39, 0.29) is 0 Å². The van der Waals surface area contributed by atoms with Crippen molar-refractivity contribution in [2.24, 2.45) is 0 Å². The summed E-state index contributed by atoms with van der Waals surface area (Å²) >= 11 is 3.35. The van der Waals surface area contributed by atoms with E-state index < -0.39 is 0 Å². The van der Waals surface area contributed by atoms with Gasteiger partial charge >= 0.3 is 0 Å². The van der Waals surface area contributed by atoms with Gasteiger partial charge in [0.05, 0.1) is 0 Å². The van der Waals surface area contributed by atoms with Crippen LogP contribution in [0.25, 0.3) is 0 Å². The van der Waals surface area contributed by atoms with Crippen LogP contribution in [0.5, 0.6) is 0 Å². The zero-order valence-electron chi connectivity index (χ0n) is 10.2. The van der Waals surface area contributed by atoms with Crippen molar-refractivity contribution in [2.45, 2.75) is 18.9 Å². The molecule has 0 radical (unpaired) electrons. The summed E-state index contributed by atoms with van der Waals surface area (Å²) in [6, 6.07) is 2.17. The van der Waals surface area contributed by atoms with Crippen LogP contribution in [-0.2, 0) is 0 Å². The average molecular weight is 300 g/mol. The molecule has 2 N–H and O–H groups in total. The van der Waals surface area contributed by atoms with Gasteiger partial charge in [-0.3, -0.25) is 0 Å². The first kappa shape index (κ1) is 12.6. The first-order valence-corrected chi connectivity index (χ1v) is 6.57. The van der Waals surface area contributed by atoms with Crippen LogP contribution < -0.4 is 10.6 Å². The molecule has 0 saturated carbocycles. The largest absolute Gasteiger partial charge is 0.383 e. The van der Waals surface area contributed by atoms with E-state index in [0.717, 1.165) is 11.1 Å². The molecule has 1 saturated heterocycles. The van der Waals surface area contributed by atoms with Crippen LogP contribution in [-0.4, -0.2) is 48.1 Å². The second-order valence-electron chi connectivity index (χ2n) is 4.58. The molecule has 17 heavy (non-hydrogen) atoms. The first-order chi connectivity index (χ1) is 8.06. The normalized spacial score (nSPS) is 21.5. The Morgan fingerprint density at radius 1 is 1.53 bits per heavy atom. The van der Waals surface area contributed by atoms with Gasteiger partial charge < -0.3 is 15.5 Å². The van der Waals surface area contributed by atoms with Crippen molar-refractivity contribution in [1.82, 2.24) is 14.9 Å². The van der Waals surface area contributed by atoms with E-state index in [4.69, 9.17) is 5.73 Å². The zero-order valence-corrected chi connectivity index (χ0v) is 11.8. The maximum atomic E-state index is 5.74. The number of rotatable bonds is 2. The average Bonchev–Trinajstić information content (AvgIpc) is 2.26. The third-order valence-corrected chi connectivity index (χ3v) is 3.57. The summed E-state index contributed by atoms with van der Waals surface area (Å²) in [5.41, 5.74) is 5.74. The number of nitrogens with zero attached hydrogens (tertiary/aromatic N) is 4. The van der Waals surface area contributed by atoms with Gasteiger partial charge in [0.1, 0.15) is 10.4 Å². The smallest absolute Gasteiger partial charge is 0.228 e. The number of nitrogen functional groups attached to an aromatic ring is 1. The van der Waals surface area contributed by atoms with Gasteiger partial charge in [-0.05, 0) is 42.4 Å². The van der Waals surface area contributed by atoms with Crippen molar-refractivity contribution in [3.8, 4) is 0 Å². The number of likely N-dealkylation sites (N-methyl/N-ethyl adjacent to an activating group) is 2. The number of piperidine rings is 1. The fourth-order valence-electron chi connectivity index (χ4n) is 2.20. The number of halogens is 1. The van der Waals surface area contributed by atoms with Crippen molar-refractivity contribution in [2.75, 3.05) is 37.8 Å². The highest BCUT2D eigenvalue weighted by Gasteiger charge is 2.23. The zero-order chi connectivity index (χ0) is 12.4. The molecule has 1 fully saturated rings. The van der Waals surface area contributed by atoms with E-state index in [1.54, 1.807) is 6.07 Å². The number of anilines is 2. The number of aromatic nitrogens is 2. The summed E-state index contributed by atoms with van der Waals surface area (Å²) < 4.78 is 0.732. The van der Waals surface area contributed by atoms with Gasteiger partial charge in [0, 0.05) is 25.7 Å². The van der Waals surface area contributed by atoms with E-state index in [0.29, 0.717) is 17.8 Å². The molecule has 5 nitrogen and oxygen atoms in total. The highest BCUT2D eigenvalue weighted by Crippen LogP contribution is 2.20. The Morgan fingerprint density at radius 3 is 2.94 bits per heavy atom. The predicted octanol–water partition coefficient (Wildman–Crippen LogP) is 1.35. The number of nitrogens with two attached hydrogens (primary N) is 1. The quantitative estimate of drug-likeness (QED) is 0.836. The van der Waals surface area contributed by atoms with Crippen LogP contribution in [0, 0.1) is 0 Å². The van der Waals surface area contributed by atoms with Crippen LogP contribution in [0.2, 0.25) is 0 Å². The van der Waals surface area contributed by atoms with Crippen molar-refractivity contribution in [3.63, 3.8) is 0 Å². The minimum absolute atomic E-state index is 0.461. The SMILES string of the molecule is CN1CCCC(N(C)c2nc(N)cc(Br)n2)C1. The van der Waals surface area contributed by atoms with Crippen LogP contribution >= 0.6 is 15.9 Å². The molecule has 6 heteroatoms. The Bertz CT molecular complexity index is 377. The topological polar surface area (TPSA) is 58.3 Å². The van der Waals surface area contributed by atoms with Gasteiger partial charge in [-0.25, -0.2) is 4.98 Å². The highest BCUT2D eigenvalue weighted by atomic mass is 79.9. The van der Waals surface area contributed by atoms with E-state index >= 15 is 0 Å². The van der Waals surface area contributed by atoms with Gasteiger partial charge in [0.2, 0.25) is 5.95 Å². The summed E-state index contributed by atoms with van der Waals surface area (Å²) in [5, 5.41) is 0. The fraction of sp³-hybridized carbons (Fsp3) is 0.636. The molecule has 0 aromatic carbocycles. The third kappa shape index (κ3) is 3.07. The lowest BCUT2D eigenvalue weighted by Crippen LogP contribution is -2.45. The van der Waals surface area contributed by atoms with E-state index in [2.05, 4.69) is 42.7 Å². The summed E-state index contributed by atoms with van der Waals surface area (Å²) in [6.07, 6.45) is 2.39. The van der Waals surface area contributed by atoms with Gasteiger partial charge in [-0.1, -0.05) is 0 Å². The molecule has 1 aromatic rings. The summed E-state index contributed by atoms with van der Waals surface area (Å²) in [7, 11) is 4.18. The Hall–Kier alpha value is -0.880. The molecule has 94 valence electrons. The molecule has 0 amide bonds. The molecular formula is C11H18BrN5. The Kier molecular flexibility index (Phi) is 3.83. The van der Waals surface area contributed by atoms with Gasteiger partial charge in [0.15, 0.2) is 0 Å². The second-order valence-corrected chi connectivity index (χ2v) is 5.40. The monoisotopic (exact) mass is 299 g/mol. The summed E-state index contributed by atoms with van der Waals surface area (Å²) in [5.74, 6) is 1.19. The lowest BCUT2D eigenvalue weighted by Gasteiger charge is -2.35. The van der Waals surface area contributed by atoms with Crippen molar-refractivity contribution in [1.29, 1.82) is 0 Å². The third-order valence-electron chi connectivity index (χ3n) is 3.17. The second kappa shape index (κ2) is 5.18. The Morgan fingerprint density at radius 2 is 2.29 bits per heavy atom. The maximum absolute atomic E-state index is 5.74. The minimum Gasteiger partial charge on any atom is -0.383 e. The molecule has 1 atom stereocenters. The Labute approximate surface area is 110 Å². The molecule has 2 heterocycles. The predicted molar refractivity (Wildman–Crippen MR) is 73.1 cm³/mol. The van der Waals surface area contributed by atoms with Crippen LogP contribution in [0.1, 0.15) is 12.8 Å². The molecule has 1 aliphatic rings. The molecule has 2 rings (SSSR count). The van der Waals surface area contributed by atoms with Gasteiger partial charge in [-0.15, -0.1) is 0 Å². The molecule has 0 bridgehead atoms. The minimum atomic E-state index is 0.461. The number of hydrogen-bond donors (Lipinski definition) is 1. The van der Waals surface area contributed by atoms with Crippen molar-refractivity contribution in [3.05, 3.63) is 10.7 Å². The van der Waals surface area contributed by atoms with Crippen LogP contribution in [0.15, 0.2) is 10.7 Å². The molecule has 0 aliphatic carbocycles. The van der Waals surface area contributed by atoms with Gasteiger partial charge in [0.25, 0.3) is 0 Å². The summed E-state index contributed by atoms with van der Waals surface area (Å²) in [4.78, 5) is 13.1. The molecule has 1 unspecified atom stereocenters. The van der Waals surface area contributed by atoms with Gasteiger partial charge in [-0.2, -0.15) is 4.98 Å². The van der Waals surface area contributed by atoms with E-state index in [1.807, 2.05) is 7.05 Å². The fourth-order valence-corrected chi connectivity index (χ4v) is 2.59. The Balaban J connectivity index is 2.15. The molecular weight excluding hydrogens is 282 g/mol. The van der Waals surface area contributed by atoms with Crippen LogP contribution in [0.3, 0.4) is 0 Å². The lowest BCUT2D eigenvalue weighted by molar-refractivity contribution is 0.247. The van der Waals surface area contributed by atoms with Crippen molar-refractivity contribution < 1.29 is 0 Å². The van der Waals surface area contributed by atoms with Crippen LogP contribution in [0.4, 0.5) is 11.8 Å². The lowest BCUT2D eigenvalue weighted by atomic mass is 10.1. The maximum Gasteiger partial charge on any atom is 0.228 e. The highest BCUT2D eigenvalue weighted by molar-refractivity contribution is 9.10. The number of likely N-dealkylation sites (tertiary alicyclic amines) is 1.